The van der Waals surface area contributed by atoms with Crippen molar-refractivity contribution >= 4 is 17.5 Å². The van der Waals surface area contributed by atoms with Crippen molar-refractivity contribution in [1.82, 2.24) is 4.90 Å². The summed E-state index contributed by atoms with van der Waals surface area (Å²) in [6, 6.07) is 11.5. The van der Waals surface area contributed by atoms with Gasteiger partial charge >= 0.3 is 0 Å². The molecule has 2 aromatic carbocycles. The molecule has 4 nitrogen and oxygen atoms in total. The van der Waals surface area contributed by atoms with E-state index in [1.54, 1.807) is 0 Å². The van der Waals surface area contributed by atoms with Crippen LogP contribution in [0.15, 0.2) is 48.5 Å². The maximum Gasteiger partial charge on any atom is 0.251 e. The van der Waals surface area contributed by atoms with Gasteiger partial charge in [-0.2, -0.15) is 0 Å². The number of nitrogens with zero attached hydrogens (tertiary/aromatic N) is 2. The van der Waals surface area contributed by atoms with Crippen molar-refractivity contribution < 1.29 is 18.4 Å². The highest BCUT2D eigenvalue weighted by molar-refractivity contribution is 6.22. The van der Waals surface area contributed by atoms with E-state index in [1.165, 1.54) is 36.4 Å². The van der Waals surface area contributed by atoms with E-state index in [4.69, 9.17) is 0 Å². The molecule has 0 N–H and O–H groups in total. The first-order valence-corrected chi connectivity index (χ1v) is 9.15. The Morgan fingerprint density at radius 2 is 1.37 bits per heavy atom. The summed E-state index contributed by atoms with van der Waals surface area (Å²) >= 11 is 0. The second-order valence-electron chi connectivity index (χ2n) is 7.13. The minimum Gasteiger partial charge on any atom is -0.291 e. The molecule has 0 aromatic heterocycles. The molecule has 0 aliphatic carbocycles. The van der Waals surface area contributed by atoms with Crippen LogP contribution in [-0.2, 0) is 9.59 Å². The largest absolute Gasteiger partial charge is 0.291 e. The topological polar surface area (TPSA) is 40.6 Å². The number of carbonyl (C=O) groups is 2. The van der Waals surface area contributed by atoms with E-state index >= 15 is 0 Å². The van der Waals surface area contributed by atoms with Gasteiger partial charge < -0.3 is 0 Å². The zero-order valence-electron chi connectivity index (χ0n) is 14.8. The van der Waals surface area contributed by atoms with Crippen LogP contribution in [0.25, 0.3) is 0 Å². The van der Waals surface area contributed by atoms with Crippen molar-refractivity contribution in [3.63, 3.8) is 0 Å². The molecule has 0 unspecified atom stereocenters. The van der Waals surface area contributed by atoms with Gasteiger partial charge in [0.1, 0.15) is 11.6 Å². The average molecular weight is 370 g/mol. The Labute approximate surface area is 156 Å². The number of hydrogen-bond donors (Lipinski definition) is 0. The third-order valence-electron chi connectivity index (χ3n) is 5.52. The van der Waals surface area contributed by atoms with Gasteiger partial charge in [-0.25, -0.2) is 13.7 Å². The number of amides is 2. The molecule has 1 atom stereocenters. The maximum absolute atomic E-state index is 13.1. The number of benzene rings is 2. The molecule has 27 heavy (non-hydrogen) atoms. The molecule has 0 spiro atoms. The molecule has 6 heteroatoms. The van der Waals surface area contributed by atoms with E-state index < -0.39 is 11.9 Å². The van der Waals surface area contributed by atoms with Gasteiger partial charge in [-0.3, -0.25) is 14.5 Å². The lowest BCUT2D eigenvalue weighted by Crippen LogP contribution is -2.45. The smallest absolute Gasteiger partial charge is 0.251 e. The van der Waals surface area contributed by atoms with Crippen LogP contribution in [0.1, 0.15) is 30.7 Å². The molecule has 2 aromatic rings. The van der Waals surface area contributed by atoms with Crippen molar-refractivity contribution in [3.05, 3.63) is 65.7 Å². The van der Waals surface area contributed by atoms with E-state index in [9.17, 15) is 18.4 Å². The number of imide groups is 1. The Hall–Kier alpha value is -2.60. The lowest BCUT2D eigenvalue weighted by atomic mass is 9.89. The lowest BCUT2D eigenvalue weighted by Gasteiger charge is -2.35. The number of rotatable bonds is 3. The third kappa shape index (κ3) is 3.49. The molecule has 2 heterocycles. The van der Waals surface area contributed by atoms with Crippen LogP contribution < -0.4 is 4.90 Å². The summed E-state index contributed by atoms with van der Waals surface area (Å²) in [6.45, 7) is 1.42. The van der Waals surface area contributed by atoms with Crippen molar-refractivity contribution in [3.8, 4) is 0 Å². The van der Waals surface area contributed by atoms with Crippen LogP contribution >= 0.6 is 0 Å². The minimum absolute atomic E-state index is 0.150. The molecule has 2 aliphatic heterocycles. The lowest BCUT2D eigenvalue weighted by molar-refractivity contribution is -0.123. The third-order valence-corrected chi connectivity index (χ3v) is 5.52. The van der Waals surface area contributed by atoms with Gasteiger partial charge in [0.25, 0.3) is 5.91 Å². The molecule has 2 saturated heterocycles. The van der Waals surface area contributed by atoms with Crippen LogP contribution in [0.4, 0.5) is 14.5 Å². The summed E-state index contributed by atoms with van der Waals surface area (Å²) in [7, 11) is 0. The van der Waals surface area contributed by atoms with Crippen molar-refractivity contribution in [2.75, 3.05) is 18.0 Å². The van der Waals surface area contributed by atoms with Gasteiger partial charge in [-0.05, 0) is 73.8 Å². The highest BCUT2D eigenvalue weighted by Gasteiger charge is 2.43. The second kappa shape index (κ2) is 7.19. The van der Waals surface area contributed by atoms with Gasteiger partial charge in [0.15, 0.2) is 0 Å². The Balaban J connectivity index is 1.43. The van der Waals surface area contributed by atoms with E-state index in [2.05, 4.69) is 4.90 Å². The summed E-state index contributed by atoms with van der Waals surface area (Å²) in [4.78, 5) is 28.4. The zero-order valence-corrected chi connectivity index (χ0v) is 14.8. The number of hydrogen-bond acceptors (Lipinski definition) is 3. The second-order valence-corrected chi connectivity index (χ2v) is 7.13. The summed E-state index contributed by atoms with van der Waals surface area (Å²) < 4.78 is 26.2. The van der Waals surface area contributed by atoms with Crippen LogP contribution in [0.3, 0.4) is 0 Å². The number of carbonyl (C=O) groups excluding carboxylic acids is 2. The van der Waals surface area contributed by atoms with Gasteiger partial charge in [0.05, 0.1) is 18.2 Å². The zero-order chi connectivity index (χ0) is 19.0. The molecule has 2 amide bonds. The van der Waals surface area contributed by atoms with Gasteiger partial charge in [0, 0.05) is 0 Å². The molecular formula is C21H20F2N2O2. The van der Waals surface area contributed by atoms with E-state index in [0.29, 0.717) is 24.7 Å². The Morgan fingerprint density at radius 3 is 1.96 bits per heavy atom. The molecular weight excluding hydrogens is 350 g/mol. The predicted octanol–water partition coefficient (Wildman–Crippen LogP) is 3.48. The first-order chi connectivity index (χ1) is 13.0. The summed E-state index contributed by atoms with van der Waals surface area (Å²) in [5.41, 5.74) is 1.52. The SMILES string of the molecule is O=C1C[C@@H](N2CCC(c3ccc(F)cc3)CC2)C(=O)N1c1ccc(F)cc1. The van der Waals surface area contributed by atoms with Crippen LogP contribution in [0, 0.1) is 11.6 Å². The minimum atomic E-state index is -0.461. The maximum atomic E-state index is 13.1. The summed E-state index contributed by atoms with van der Waals surface area (Å²) in [5.74, 6) is -0.809. The van der Waals surface area contributed by atoms with E-state index in [-0.39, 0.29) is 24.1 Å². The molecule has 0 radical (unpaired) electrons. The number of piperidine rings is 1. The fourth-order valence-electron chi connectivity index (χ4n) is 4.04. The van der Waals surface area contributed by atoms with Gasteiger partial charge in [-0.15, -0.1) is 0 Å². The van der Waals surface area contributed by atoms with Crippen LogP contribution in [-0.4, -0.2) is 35.8 Å². The Bertz CT molecular complexity index is 843. The molecule has 0 bridgehead atoms. The Morgan fingerprint density at radius 1 is 0.815 bits per heavy atom. The molecule has 0 saturated carbocycles. The van der Waals surface area contributed by atoms with E-state index in [0.717, 1.165) is 23.3 Å². The first kappa shape index (κ1) is 17.8. The van der Waals surface area contributed by atoms with Crippen molar-refractivity contribution in [2.45, 2.75) is 31.2 Å². The standard InChI is InChI=1S/C21H20F2N2O2/c22-16-3-1-14(2-4-16)15-9-11-24(12-10-15)19-13-20(26)25(21(19)27)18-7-5-17(23)6-8-18/h1-8,15,19H,9-13H2/t19-/m1/s1. The van der Waals surface area contributed by atoms with Gasteiger partial charge in [-0.1, -0.05) is 12.1 Å². The fraction of sp³-hybridized carbons (Fsp3) is 0.333. The molecule has 2 fully saturated rings. The van der Waals surface area contributed by atoms with Crippen LogP contribution in [0.2, 0.25) is 0 Å². The average Bonchev–Trinajstić information content (AvgIpc) is 2.98. The van der Waals surface area contributed by atoms with Crippen LogP contribution in [0.5, 0.6) is 0 Å². The quantitative estimate of drug-likeness (QED) is 0.777. The summed E-state index contributed by atoms with van der Waals surface area (Å²) in [6.07, 6.45) is 1.87. The summed E-state index contributed by atoms with van der Waals surface area (Å²) in [5, 5.41) is 0. The number of likely N-dealkylation sites (tertiary alicyclic amines) is 1. The first-order valence-electron chi connectivity index (χ1n) is 9.15. The number of anilines is 1. The van der Waals surface area contributed by atoms with Crippen molar-refractivity contribution in [2.24, 2.45) is 0 Å². The molecule has 4 rings (SSSR count). The normalized spacial score (nSPS) is 21.9. The highest BCUT2D eigenvalue weighted by atomic mass is 19.1. The predicted molar refractivity (Wildman–Crippen MR) is 97.2 cm³/mol. The highest BCUT2D eigenvalue weighted by Crippen LogP contribution is 2.32. The Kier molecular flexibility index (Phi) is 4.74. The van der Waals surface area contributed by atoms with Gasteiger partial charge in [0.2, 0.25) is 5.91 Å². The van der Waals surface area contributed by atoms with Crippen molar-refractivity contribution in [1.29, 1.82) is 0 Å². The fourth-order valence-corrected chi connectivity index (χ4v) is 4.04. The molecule has 140 valence electrons. The van der Waals surface area contributed by atoms with E-state index in [1.807, 2.05) is 12.1 Å². The monoisotopic (exact) mass is 370 g/mol. The molecule has 2 aliphatic rings. The number of halogens is 2.